The molecule has 0 saturated carbocycles. The maximum absolute atomic E-state index is 13.7. The molecule has 4 rings (SSSR count). The average Bonchev–Trinajstić information content (AvgIpc) is 3.09. The van der Waals surface area contributed by atoms with Crippen molar-refractivity contribution in [2.45, 2.75) is 40.2 Å². The SMILES string of the molecule is CCOc1cccc(C2c3c(oc4ccc(C)cc4c3=O)C(=O)N2CCCN(CC)CC)c1. The predicted octanol–water partition coefficient (Wildman–Crippen LogP) is 4.78. The highest BCUT2D eigenvalue weighted by atomic mass is 16.5. The molecule has 0 fully saturated rings. The fourth-order valence-corrected chi connectivity index (χ4v) is 4.66. The van der Waals surface area contributed by atoms with E-state index in [9.17, 15) is 9.59 Å². The molecule has 0 bridgehead atoms. The van der Waals surface area contributed by atoms with Gasteiger partial charge in [-0.25, -0.2) is 0 Å². The van der Waals surface area contributed by atoms with Crippen LogP contribution < -0.4 is 10.2 Å². The van der Waals surface area contributed by atoms with Gasteiger partial charge < -0.3 is 19.0 Å². The number of hydrogen-bond donors (Lipinski definition) is 0. The third kappa shape index (κ3) is 4.40. The average molecular weight is 449 g/mol. The van der Waals surface area contributed by atoms with Crippen LogP contribution in [0.15, 0.2) is 51.7 Å². The number of carbonyl (C=O) groups is 1. The van der Waals surface area contributed by atoms with Crippen LogP contribution in [0.2, 0.25) is 0 Å². The second-order valence-electron chi connectivity index (χ2n) is 8.46. The number of nitrogens with zero attached hydrogens (tertiary/aromatic N) is 2. The predicted molar refractivity (Wildman–Crippen MR) is 130 cm³/mol. The number of ether oxygens (including phenoxy) is 1. The Morgan fingerprint density at radius 2 is 1.85 bits per heavy atom. The van der Waals surface area contributed by atoms with Crippen LogP contribution in [-0.4, -0.2) is 48.5 Å². The number of benzene rings is 2. The van der Waals surface area contributed by atoms with Gasteiger partial charge in [0.15, 0.2) is 5.43 Å². The minimum Gasteiger partial charge on any atom is -0.494 e. The summed E-state index contributed by atoms with van der Waals surface area (Å²) in [6, 6.07) is 12.7. The highest BCUT2D eigenvalue weighted by Gasteiger charge is 2.42. The quantitative estimate of drug-likeness (QED) is 0.472. The number of carbonyl (C=O) groups excluding carboxylic acids is 1. The lowest BCUT2D eigenvalue weighted by molar-refractivity contribution is 0.0720. The Morgan fingerprint density at radius 1 is 1.06 bits per heavy atom. The van der Waals surface area contributed by atoms with Gasteiger partial charge >= 0.3 is 0 Å². The van der Waals surface area contributed by atoms with Crippen molar-refractivity contribution in [3.8, 4) is 5.75 Å². The molecule has 0 aliphatic carbocycles. The van der Waals surface area contributed by atoms with Gasteiger partial charge in [-0.3, -0.25) is 9.59 Å². The molecule has 0 spiro atoms. The topological polar surface area (TPSA) is 63.0 Å². The van der Waals surface area contributed by atoms with E-state index in [0.717, 1.165) is 42.9 Å². The van der Waals surface area contributed by atoms with Crippen LogP contribution in [0.3, 0.4) is 0 Å². The van der Waals surface area contributed by atoms with E-state index in [4.69, 9.17) is 9.15 Å². The smallest absolute Gasteiger partial charge is 0.290 e. The largest absolute Gasteiger partial charge is 0.494 e. The second kappa shape index (κ2) is 9.79. The number of rotatable bonds is 9. The number of amides is 1. The van der Waals surface area contributed by atoms with Crippen molar-refractivity contribution in [2.75, 3.05) is 32.8 Å². The lowest BCUT2D eigenvalue weighted by Gasteiger charge is -2.27. The maximum atomic E-state index is 13.7. The molecular formula is C27H32N2O4. The molecular weight excluding hydrogens is 416 g/mol. The summed E-state index contributed by atoms with van der Waals surface area (Å²) in [6.07, 6.45) is 0.815. The van der Waals surface area contributed by atoms with Gasteiger partial charge in [-0.15, -0.1) is 0 Å². The molecule has 2 heterocycles. The number of aryl methyl sites for hydroxylation is 1. The first-order valence-electron chi connectivity index (χ1n) is 11.8. The second-order valence-corrected chi connectivity index (χ2v) is 8.46. The molecule has 1 aromatic heterocycles. The molecule has 1 amide bonds. The third-order valence-corrected chi connectivity index (χ3v) is 6.37. The fourth-order valence-electron chi connectivity index (χ4n) is 4.66. The zero-order valence-corrected chi connectivity index (χ0v) is 19.9. The third-order valence-electron chi connectivity index (χ3n) is 6.37. The minimum atomic E-state index is -0.495. The van der Waals surface area contributed by atoms with E-state index < -0.39 is 6.04 Å². The van der Waals surface area contributed by atoms with E-state index >= 15 is 0 Å². The van der Waals surface area contributed by atoms with Crippen molar-refractivity contribution in [1.82, 2.24) is 9.80 Å². The summed E-state index contributed by atoms with van der Waals surface area (Å²) in [6.45, 7) is 12.1. The number of hydrogen-bond acceptors (Lipinski definition) is 5. The molecule has 1 unspecified atom stereocenters. The van der Waals surface area contributed by atoms with E-state index in [1.54, 1.807) is 11.0 Å². The summed E-state index contributed by atoms with van der Waals surface area (Å²) in [5, 5.41) is 0.512. The highest BCUT2D eigenvalue weighted by Crippen LogP contribution is 2.39. The first-order valence-corrected chi connectivity index (χ1v) is 11.8. The molecule has 1 atom stereocenters. The van der Waals surface area contributed by atoms with Crippen LogP contribution in [0.1, 0.15) is 60.5 Å². The number of fused-ring (bicyclic) bond motifs is 2. The lowest BCUT2D eigenvalue weighted by atomic mass is 9.98. The van der Waals surface area contributed by atoms with Gasteiger partial charge in [-0.05, 0) is 69.7 Å². The Bertz CT molecular complexity index is 1210. The lowest BCUT2D eigenvalue weighted by Crippen LogP contribution is -2.33. The Hall–Kier alpha value is -3.12. The van der Waals surface area contributed by atoms with E-state index in [2.05, 4.69) is 18.7 Å². The molecule has 1 aliphatic heterocycles. The molecule has 3 aromatic rings. The molecule has 0 N–H and O–H groups in total. The Morgan fingerprint density at radius 3 is 2.58 bits per heavy atom. The summed E-state index contributed by atoms with van der Waals surface area (Å²) in [7, 11) is 0. The van der Waals surface area contributed by atoms with Gasteiger partial charge in [0.2, 0.25) is 5.76 Å². The molecule has 6 heteroatoms. The van der Waals surface area contributed by atoms with Gasteiger partial charge in [0, 0.05) is 6.54 Å². The standard InChI is InChI=1S/C27H32N2O4/c1-5-28(6-2)14-9-15-29-24(19-10-8-11-20(17-19)32-7-3)23-25(30)21-16-18(4)12-13-22(21)33-26(23)27(29)31/h8,10-13,16-17,24H,5-7,9,14-15H2,1-4H3. The van der Waals surface area contributed by atoms with Gasteiger partial charge in [0.25, 0.3) is 5.91 Å². The van der Waals surface area contributed by atoms with E-state index in [1.807, 2.05) is 50.2 Å². The maximum Gasteiger partial charge on any atom is 0.290 e. The van der Waals surface area contributed by atoms with Crippen LogP contribution >= 0.6 is 0 Å². The van der Waals surface area contributed by atoms with E-state index in [1.165, 1.54) is 0 Å². The molecule has 33 heavy (non-hydrogen) atoms. The van der Waals surface area contributed by atoms with Crippen molar-refractivity contribution in [3.63, 3.8) is 0 Å². The van der Waals surface area contributed by atoms with Crippen molar-refractivity contribution in [1.29, 1.82) is 0 Å². The Labute approximate surface area is 194 Å². The summed E-state index contributed by atoms with van der Waals surface area (Å²) in [5.41, 5.74) is 2.57. The highest BCUT2D eigenvalue weighted by molar-refractivity contribution is 5.99. The summed E-state index contributed by atoms with van der Waals surface area (Å²) in [4.78, 5) is 31.3. The monoisotopic (exact) mass is 448 g/mol. The zero-order valence-electron chi connectivity index (χ0n) is 19.9. The van der Waals surface area contributed by atoms with Crippen LogP contribution in [0.25, 0.3) is 11.0 Å². The first-order chi connectivity index (χ1) is 16.0. The molecule has 1 aliphatic rings. The fraction of sp³-hybridized carbons (Fsp3) is 0.407. The van der Waals surface area contributed by atoms with Gasteiger partial charge in [0.1, 0.15) is 11.3 Å². The van der Waals surface area contributed by atoms with Crippen molar-refractivity contribution in [2.24, 2.45) is 0 Å². The molecule has 6 nitrogen and oxygen atoms in total. The van der Waals surface area contributed by atoms with Crippen molar-refractivity contribution < 1.29 is 13.9 Å². The Balaban J connectivity index is 1.81. The Kier molecular flexibility index (Phi) is 6.84. The summed E-state index contributed by atoms with van der Waals surface area (Å²) >= 11 is 0. The van der Waals surface area contributed by atoms with E-state index in [-0.39, 0.29) is 17.1 Å². The van der Waals surface area contributed by atoms with Gasteiger partial charge in [0.05, 0.1) is 23.6 Å². The van der Waals surface area contributed by atoms with Crippen LogP contribution in [0.5, 0.6) is 5.75 Å². The normalized spacial score (nSPS) is 15.5. The molecule has 2 aromatic carbocycles. The van der Waals surface area contributed by atoms with Gasteiger partial charge in [-0.1, -0.05) is 37.6 Å². The first kappa shape index (κ1) is 23.1. The van der Waals surface area contributed by atoms with Crippen molar-refractivity contribution in [3.05, 3.63) is 75.1 Å². The van der Waals surface area contributed by atoms with Crippen LogP contribution in [0, 0.1) is 6.92 Å². The summed E-state index contributed by atoms with van der Waals surface area (Å²) < 4.78 is 11.8. The van der Waals surface area contributed by atoms with Gasteiger partial charge in [-0.2, -0.15) is 0 Å². The molecule has 174 valence electrons. The molecule has 0 saturated heterocycles. The summed E-state index contributed by atoms with van der Waals surface area (Å²) in [5.74, 6) is 0.655. The van der Waals surface area contributed by atoms with Crippen LogP contribution in [-0.2, 0) is 0 Å². The van der Waals surface area contributed by atoms with Crippen molar-refractivity contribution >= 4 is 16.9 Å². The van der Waals surface area contributed by atoms with Crippen LogP contribution in [0.4, 0.5) is 0 Å². The minimum absolute atomic E-state index is 0.138. The molecule has 0 radical (unpaired) electrons. The zero-order chi connectivity index (χ0) is 23.5. The van der Waals surface area contributed by atoms with E-state index in [0.29, 0.717) is 29.7 Å².